The first-order chi connectivity index (χ1) is 12.8. The first kappa shape index (κ1) is 16.2. The number of nitrogens with zero attached hydrogens (tertiary/aromatic N) is 3. The van der Waals surface area contributed by atoms with Crippen LogP contribution in [0.1, 0.15) is 0 Å². The third kappa shape index (κ3) is 3.52. The molecule has 4 rings (SSSR count). The molecular formula is C19H14N4O2S. The number of carbonyl (C=O) groups is 1. The van der Waals surface area contributed by atoms with E-state index < -0.39 is 0 Å². The van der Waals surface area contributed by atoms with Crippen LogP contribution in [0.3, 0.4) is 0 Å². The van der Waals surface area contributed by atoms with Gasteiger partial charge in [-0.3, -0.25) is 9.78 Å². The first-order valence-electron chi connectivity index (χ1n) is 7.95. The lowest BCUT2D eigenvalue weighted by Crippen LogP contribution is -2.20. The molecule has 0 radical (unpaired) electrons. The number of carbonyl (C=O) groups excluding carboxylic acids is 1. The van der Waals surface area contributed by atoms with Crippen LogP contribution >= 0.6 is 11.7 Å². The molecule has 2 aromatic heterocycles. The number of fused-ring (bicyclic) bond motifs is 1. The topological polar surface area (TPSA) is 77.0 Å². The van der Waals surface area contributed by atoms with Crippen molar-refractivity contribution in [3.8, 4) is 17.0 Å². The molecule has 0 fully saturated rings. The lowest BCUT2D eigenvalue weighted by molar-refractivity contribution is -0.118. The van der Waals surface area contributed by atoms with E-state index in [4.69, 9.17) is 4.74 Å². The number of anilines is 1. The molecule has 0 spiro atoms. The minimum Gasteiger partial charge on any atom is -0.484 e. The molecule has 2 aromatic carbocycles. The summed E-state index contributed by atoms with van der Waals surface area (Å²) in [4.78, 5) is 16.5. The van der Waals surface area contributed by atoms with E-state index in [1.54, 1.807) is 12.3 Å². The standard InChI is InChI=1S/C19H14N4O2S/c24-18(21-16-8-4-9-17-19(16)23-26-22-17)12-25-14-6-3-5-13(11-14)15-7-1-2-10-20-15/h1-11H,12H2,(H,21,24). The van der Waals surface area contributed by atoms with Gasteiger partial charge in [0, 0.05) is 11.8 Å². The number of nitrogens with one attached hydrogen (secondary N) is 1. The van der Waals surface area contributed by atoms with E-state index in [1.165, 1.54) is 0 Å². The van der Waals surface area contributed by atoms with Crippen molar-refractivity contribution < 1.29 is 9.53 Å². The van der Waals surface area contributed by atoms with Crippen LogP contribution in [0.4, 0.5) is 5.69 Å². The lowest BCUT2D eigenvalue weighted by Gasteiger charge is -2.09. The van der Waals surface area contributed by atoms with Gasteiger partial charge in [0.05, 0.1) is 23.1 Å². The van der Waals surface area contributed by atoms with Crippen LogP contribution in [0.2, 0.25) is 0 Å². The number of aromatic nitrogens is 3. The Morgan fingerprint density at radius 1 is 1.04 bits per heavy atom. The summed E-state index contributed by atoms with van der Waals surface area (Å²) in [5, 5.41) is 2.82. The summed E-state index contributed by atoms with van der Waals surface area (Å²) in [6.45, 7) is -0.0976. The Hall–Kier alpha value is -3.32. The van der Waals surface area contributed by atoms with E-state index in [1.807, 2.05) is 54.6 Å². The highest BCUT2D eigenvalue weighted by Gasteiger charge is 2.09. The molecule has 7 heteroatoms. The number of hydrogen-bond donors (Lipinski definition) is 1. The monoisotopic (exact) mass is 362 g/mol. The minimum atomic E-state index is -0.256. The fraction of sp³-hybridized carbons (Fsp3) is 0.0526. The minimum absolute atomic E-state index is 0.0976. The molecule has 0 aliphatic rings. The van der Waals surface area contributed by atoms with Gasteiger partial charge in [0.1, 0.15) is 16.8 Å². The lowest BCUT2D eigenvalue weighted by atomic mass is 10.1. The molecule has 0 saturated heterocycles. The van der Waals surface area contributed by atoms with Crippen LogP contribution < -0.4 is 10.1 Å². The maximum Gasteiger partial charge on any atom is 0.262 e. The molecule has 0 atom stereocenters. The van der Waals surface area contributed by atoms with Crippen molar-refractivity contribution >= 4 is 34.4 Å². The van der Waals surface area contributed by atoms with Gasteiger partial charge in [-0.2, -0.15) is 8.75 Å². The van der Waals surface area contributed by atoms with E-state index in [-0.39, 0.29) is 12.5 Å². The van der Waals surface area contributed by atoms with E-state index in [2.05, 4.69) is 19.0 Å². The zero-order chi connectivity index (χ0) is 17.8. The molecule has 0 bridgehead atoms. The molecule has 4 aromatic rings. The number of ether oxygens (including phenoxy) is 1. The second-order valence-electron chi connectivity index (χ2n) is 5.52. The second-order valence-corrected chi connectivity index (χ2v) is 6.05. The average Bonchev–Trinajstić information content (AvgIpc) is 3.17. The fourth-order valence-electron chi connectivity index (χ4n) is 2.52. The van der Waals surface area contributed by atoms with Crippen molar-refractivity contribution in [3.05, 3.63) is 66.9 Å². The number of rotatable bonds is 5. The largest absolute Gasteiger partial charge is 0.484 e. The first-order valence-corrected chi connectivity index (χ1v) is 8.68. The average molecular weight is 362 g/mol. The van der Waals surface area contributed by atoms with Crippen molar-refractivity contribution in [2.75, 3.05) is 11.9 Å². The molecule has 1 amide bonds. The molecule has 0 saturated carbocycles. The second kappa shape index (κ2) is 7.28. The van der Waals surface area contributed by atoms with Crippen LogP contribution in [-0.2, 0) is 4.79 Å². The maximum atomic E-state index is 12.2. The molecule has 6 nitrogen and oxygen atoms in total. The van der Waals surface area contributed by atoms with Crippen LogP contribution in [0.25, 0.3) is 22.3 Å². The predicted molar refractivity (Wildman–Crippen MR) is 101 cm³/mol. The quantitative estimate of drug-likeness (QED) is 0.585. The van der Waals surface area contributed by atoms with Crippen molar-refractivity contribution in [2.24, 2.45) is 0 Å². The number of pyridine rings is 1. The van der Waals surface area contributed by atoms with E-state index >= 15 is 0 Å². The zero-order valence-electron chi connectivity index (χ0n) is 13.6. The number of benzene rings is 2. The van der Waals surface area contributed by atoms with Crippen molar-refractivity contribution in [2.45, 2.75) is 0 Å². The molecule has 0 unspecified atom stereocenters. The van der Waals surface area contributed by atoms with Crippen molar-refractivity contribution in [1.82, 2.24) is 13.7 Å². The van der Waals surface area contributed by atoms with Crippen LogP contribution in [0.5, 0.6) is 5.75 Å². The highest BCUT2D eigenvalue weighted by molar-refractivity contribution is 7.00. The molecule has 0 aliphatic carbocycles. The van der Waals surface area contributed by atoms with E-state index in [9.17, 15) is 4.79 Å². The summed E-state index contributed by atoms with van der Waals surface area (Å²) in [7, 11) is 0. The summed E-state index contributed by atoms with van der Waals surface area (Å²) in [6, 6.07) is 18.7. The van der Waals surface area contributed by atoms with Gasteiger partial charge in [0.15, 0.2) is 6.61 Å². The molecule has 128 valence electrons. The van der Waals surface area contributed by atoms with Gasteiger partial charge in [-0.15, -0.1) is 0 Å². The summed E-state index contributed by atoms with van der Waals surface area (Å²) in [6.07, 6.45) is 1.74. The predicted octanol–water partition coefficient (Wildman–Crippen LogP) is 3.77. The molecule has 1 N–H and O–H groups in total. The Morgan fingerprint density at radius 2 is 1.96 bits per heavy atom. The van der Waals surface area contributed by atoms with Crippen molar-refractivity contribution in [1.29, 1.82) is 0 Å². The van der Waals surface area contributed by atoms with Crippen LogP contribution in [-0.4, -0.2) is 26.2 Å². The number of amides is 1. The molecule has 26 heavy (non-hydrogen) atoms. The van der Waals surface area contributed by atoms with Crippen molar-refractivity contribution in [3.63, 3.8) is 0 Å². The van der Waals surface area contributed by atoms with Gasteiger partial charge in [0.2, 0.25) is 0 Å². The highest BCUT2D eigenvalue weighted by Crippen LogP contribution is 2.23. The SMILES string of the molecule is O=C(COc1cccc(-c2ccccn2)c1)Nc1cccc2nsnc12. The Balaban J connectivity index is 1.43. The van der Waals surface area contributed by atoms with E-state index in [0.717, 1.165) is 28.5 Å². The Kier molecular flexibility index (Phi) is 4.53. The summed E-state index contributed by atoms with van der Waals surface area (Å²) in [5.74, 6) is 0.352. The van der Waals surface area contributed by atoms with Crippen LogP contribution in [0, 0.1) is 0 Å². The molecular weight excluding hydrogens is 348 g/mol. The number of hydrogen-bond acceptors (Lipinski definition) is 6. The van der Waals surface area contributed by atoms with Gasteiger partial charge in [-0.05, 0) is 36.4 Å². The van der Waals surface area contributed by atoms with Gasteiger partial charge >= 0.3 is 0 Å². The third-order valence-corrected chi connectivity index (χ3v) is 4.27. The van der Waals surface area contributed by atoms with Gasteiger partial charge in [-0.1, -0.05) is 24.3 Å². The summed E-state index contributed by atoms with van der Waals surface area (Å²) >= 11 is 1.12. The Morgan fingerprint density at radius 3 is 2.85 bits per heavy atom. The fourth-order valence-corrected chi connectivity index (χ4v) is 3.07. The normalized spacial score (nSPS) is 10.6. The summed E-state index contributed by atoms with van der Waals surface area (Å²) < 4.78 is 14.0. The molecule has 2 heterocycles. The third-order valence-electron chi connectivity index (χ3n) is 3.72. The summed E-state index contributed by atoms with van der Waals surface area (Å²) in [5.41, 5.74) is 3.86. The van der Waals surface area contributed by atoms with Crippen LogP contribution in [0.15, 0.2) is 66.9 Å². The van der Waals surface area contributed by atoms with Gasteiger partial charge in [-0.25, -0.2) is 0 Å². The maximum absolute atomic E-state index is 12.2. The Labute approximate surface area is 153 Å². The zero-order valence-corrected chi connectivity index (χ0v) is 14.4. The smallest absolute Gasteiger partial charge is 0.262 e. The van der Waals surface area contributed by atoms with Gasteiger partial charge < -0.3 is 10.1 Å². The van der Waals surface area contributed by atoms with Gasteiger partial charge in [0.25, 0.3) is 5.91 Å². The molecule has 0 aliphatic heterocycles. The Bertz CT molecular complexity index is 1050. The van der Waals surface area contributed by atoms with E-state index in [0.29, 0.717) is 17.0 Å². The highest BCUT2D eigenvalue weighted by atomic mass is 32.1.